The molecule has 0 fully saturated rings. The van der Waals surface area contributed by atoms with Gasteiger partial charge in [0.15, 0.2) is 10.6 Å². The molecule has 1 unspecified atom stereocenters. The monoisotopic (exact) mass is 385 g/mol. The quantitative estimate of drug-likeness (QED) is 0.739. The highest BCUT2D eigenvalue weighted by molar-refractivity contribution is 9.14. The van der Waals surface area contributed by atoms with Gasteiger partial charge < -0.3 is 5.32 Å². The second-order valence-electron chi connectivity index (χ2n) is 4.11. The maximum Gasteiger partial charge on any atom is 0.185 e. The number of thioether (sulfide) groups is 1. The van der Waals surface area contributed by atoms with Gasteiger partial charge in [0.2, 0.25) is 0 Å². The molecule has 2 aromatic rings. The van der Waals surface area contributed by atoms with Crippen LogP contribution in [0.5, 0.6) is 0 Å². The summed E-state index contributed by atoms with van der Waals surface area (Å²) in [6.07, 6.45) is 2.10. The summed E-state index contributed by atoms with van der Waals surface area (Å²) >= 11 is 8.64. The molecule has 1 N–H and O–H groups in total. The second kappa shape index (κ2) is 6.43. The number of aryl methyl sites for hydroxylation is 1. The van der Waals surface area contributed by atoms with Gasteiger partial charge in [0.25, 0.3) is 0 Å². The number of benzene rings is 1. The minimum atomic E-state index is 0.139. The number of hydrogen-bond acceptors (Lipinski definition) is 6. The highest BCUT2D eigenvalue weighted by Crippen LogP contribution is 2.42. The van der Waals surface area contributed by atoms with Crippen molar-refractivity contribution in [2.75, 3.05) is 5.32 Å². The molecular weight excluding hydrogens is 374 g/mol. The molecule has 2 heterocycles. The van der Waals surface area contributed by atoms with Crippen LogP contribution < -0.4 is 5.32 Å². The summed E-state index contributed by atoms with van der Waals surface area (Å²) in [5.74, 6) is 0. The lowest BCUT2D eigenvalue weighted by Crippen LogP contribution is -2.26. The van der Waals surface area contributed by atoms with Gasteiger partial charge in [-0.25, -0.2) is 4.98 Å². The fourth-order valence-electron chi connectivity index (χ4n) is 1.65. The first-order chi connectivity index (χ1) is 9.70. The van der Waals surface area contributed by atoms with Crippen LogP contribution in [0.25, 0.3) is 0 Å². The van der Waals surface area contributed by atoms with Crippen molar-refractivity contribution in [1.82, 2.24) is 9.29 Å². The van der Waals surface area contributed by atoms with Crippen molar-refractivity contribution in [3.63, 3.8) is 0 Å². The lowest BCUT2D eigenvalue weighted by atomic mass is 10.4. The van der Waals surface area contributed by atoms with E-state index >= 15 is 0 Å². The molecule has 0 spiro atoms. The van der Waals surface area contributed by atoms with Crippen LogP contribution in [0.4, 0.5) is 5.13 Å². The van der Waals surface area contributed by atoms with Gasteiger partial charge in [-0.1, -0.05) is 30.0 Å². The van der Waals surface area contributed by atoms with Gasteiger partial charge in [-0.05, 0) is 46.9 Å². The van der Waals surface area contributed by atoms with E-state index in [-0.39, 0.29) is 5.50 Å². The zero-order valence-corrected chi connectivity index (χ0v) is 14.7. The minimum Gasteiger partial charge on any atom is -0.332 e. The molecule has 3 rings (SSSR count). The van der Waals surface area contributed by atoms with Crippen LogP contribution in [0.3, 0.4) is 0 Å². The van der Waals surface area contributed by atoms with Gasteiger partial charge >= 0.3 is 0 Å². The van der Waals surface area contributed by atoms with Crippen LogP contribution in [0.15, 0.2) is 50.6 Å². The maximum atomic E-state index is 4.46. The Labute approximate surface area is 139 Å². The first-order valence-electron chi connectivity index (χ1n) is 5.95. The second-order valence-corrected chi connectivity index (χ2v) is 8.54. The zero-order valence-electron chi connectivity index (χ0n) is 10.6. The van der Waals surface area contributed by atoms with E-state index in [1.165, 1.54) is 4.90 Å². The van der Waals surface area contributed by atoms with Gasteiger partial charge in [0.1, 0.15) is 0 Å². The largest absolute Gasteiger partial charge is 0.332 e. The Morgan fingerprint density at radius 3 is 2.85 bits per heavy atom. The summed E-state index contributed by atoms with van der Waals surface area (Å²) in [5.41, 5.74) is 1.19. The molecule has 1 aliphatic heterocycles. The van der Waals surface area contributed by atoms with Crippen molar-refractivity contribution >= 4 is 56.1 Å². The SMILES string of the molecule is Cc1csc(NC2SC(Br)=CN2Sc2ccccc2)n1. The van der Waals surface area contributed by atoms with Crippen molar-refractivity contribution < 1.29 is 0 Å². The van der Waals surface area contributed by atoms with Crippen LogP contribution in [0, 0.1) is 6.92 Å². The molecule has 7 heteroatoms. The molecule has 0 amide bonds. The van der Waals surface area contributed by atoms with Crippen molar-refractivity contribution in [2.45, 2.75) is 17.3 Å². The van der Waals surface area contributed by atoms with Crippen molar-refractivity contribution in [2.24, 2.45) is 0 Å². The molecule has 1 aliphatic rings. The minimum absolute atomic E-state index is 0.139. The van der Waals surface area contributed by atoms with E-state index in [2.05, 4.69) is 66.4 Å². The molecule has 1 aromatic carbocycles. The molecule has 0 radical (unpaired) electrons. The van der Waals surface area contributed by atoms with E-state index < -0.39 is 0 Å². The molecular formula is C13H12BrN3S3. The van der Waals surface area contributed by atoms with Crippen LogP contribution in [0.1, 0.15) is 5.69 Å². The third-order valence-electron chi connectivity index (χ3n) is 2.50. The van der Waals surface area contributed by atoms with Crippen LogP contribution >= 0.6 is 51.0 Å². The predicted molar refractivity (Wildman–Crippen MR) is 93.0 cm³/mol. The van der Waals surface area contributed by atoms with Crippen LogP contribution in [-0.4, -0.2) is 14.8 Å². The van der Waals surface area contributed by atoms with Crippen molar-refractivity contribution in [1.29, 1.82) is 0 Å². The van der Waals surface area contributed by atoms with Gasteiger partial charge in [0, 0.05) is 16.5 Å². The molecule has 0 saturated heterocycles. The summed E-state index contributed by atoms with van der Waals surface area (Å²) in [6, 6.07) is 10.4. The van der Waals surface area contributed by atoms with E-state index in [1.54, 1.807) is 35.0 Å². The van der Waals surface area contributed by atoms with E-state index in [9.17, 15) is 0 Å². The topological polar surface area (TPSA) is 28.2 Å². The number of rotatable bonds is 4. The van der Waals surface area contributed by atoms with E-state index in [4.69, 9.17) is 0 Å². The summed E-state index contributed by atoms with van der Waals surface area (Å²) in [7, 11) is 0. The molecule has 0 saturated carbocycles. The van der Waals surface area contributed by atoms with Crippen LogP contribution in [-0.2, 0) is 0 Å². The Morgan fingerprint density at radius 2 is 2.15 bits per heavy atom. The average Bonchev–Trinajstić information content (AvgIpc) is 2.98. The average molecular weight is 386 g/mol. The van der Waals surface area contributed by atoms with E-state index in [0.29, 0.717) is 0 Å². The number of nitrogens with zero attached hydrogens (tertiary/aromatic N) is 2. The van der Waals surface area contributed by atoms with Gasteiger partial charge in [-0.3, -0.25) is 4.31 Å². The third-order valence-corrected chi connectivity index (χ3v) is 6.20. The zero-order chi connectivity index (χ0) is 13.9. The molecule has 0 bridgehead atoms. The van der Waals surface area contributed by atoms with E-state index in [1.807, 2.05) is 13.0 Å². The number of thiazole rings is 1. The first-order valence-corrected chi connectivity index (χ1v) is 9.27. The fourth-order valence-corrected chi connectivity index (χ4v) is 5.20. The summed E-state index contributed by atoms with van der Waals surface area (Å²) < 4.78 is 3.31. The molecule has 1 atom stereocenters. The molecule has 1 aromatic heterocycles. The lowest BCUT2D eigenvalue weighted by molar-refractivity contribution is 0.636. The van der Waals surface area contributed by atoms with Crippen LogP contribution in [0.2, 0.25) is 0 Å². The Bertz CT molecular complexity index is 614. The highest BCUT2D eigenvalue weighted by Gasteiger charge is 2.26. The summed E-state index contributed by atoms with van der Waals surface area (Å²) in [5, 5.41) is 6.46. The Morgan fingerprint density at radius 1 is 1.35 bits per heavy atom. The molecule has 3 nitrogen and oxygen atoms in total. The molecule has 0 aliphatic carbocycles. The fraction of sp³-hybridized carbons (Fsp3) is 0.154. The normalized spacial score (nSPS) is 18.2. The number of hydrogen-bond donors (Lipinski definition) is 1. The summed E-state index contributed by atoms with van der Waals surface area (Å²) in [6.45, 7) is 2.01. The van der Waals surface area contributed by atoms with Gasteiger partial charge in [-0.2, -0.15) is 0 Å². The maximum absolute atomic E-state index is 4.46. The van der Waals surface area contributed by atoms with Gasteiger partial charge in [0.05, 0.1) is 9.51 Å². The van der Waals surface area contributed by atoms with Crippen molar-refractivity contribution in [3.8, 4) is 0 Å². The molecule has 104 valence electrons. The number of anilines is 1. The van der Waals surface area contributed by atoms with E-state index in [0.717, 1.165) is 14.6 Å². The highest BCUT2D eigenvalue weighted by atomic mass is 79.9. The predicted octanol–water partition coefficient (Wildman–Crippen LogP) is 5.10. The lowest BCUT2D eigenvalue weighted by Gasteiger charge is -2.23. The standard InChI is InChI=1S/C13H12BrN3S3/c1-9-8-18-12(15-9)16-13-17(7-11(14)19-13)20-10-5-3-2-4-6-10/h2-8,13H,1H3,(H,15,16). The number of nitrogens with one attached hydrogen (secondary N) is 1. The Balaban J connectivity index is 1.71. The Kier molecular flexibility index (Phi) is 4.60. The first kappa shape index (κ1) is 14.3. The summed E-state index contributed by atoms with van der Waals surface area (Å²) in [4.78, 5) is 5.68. The third kappa shape index (κ3) is 3.52. The van der Waals surface area contributed by atoms with Gasteiger partial charge in [-0.15, -0.1) is 11.3 Å². The number of aromatic nitrogens is 1. The number of halogens is 1. The smallest absolute Gasteiger partial charge is 0.185 e. The van der Waals surface area contributed by atoms with Crippen molar-refractivity contribution in [3.05, 3.63) is 51.4 Å². The Hall–Kier alpha value is -0.630. The molecule has 20 heavy (non-hydrogen) atoms.